The number of anilines is 2. The zero-order valence-corrected chi connectivity index (χ0v) is 23.2. The quantitative estimate of drug-likeness (QED) is 0.124. The van der Waals surface area contributed by atoms with Crippen molar-refractivity contribution in [3.8, 4) is 11.3 Å². The maximum Gasteiger partial charge on any atom is 0.269 e. The molecule has 3 heterocycles. The first-order chi connectivity index (χ1) is 21.7. The second-order valence-corrected chi connectivity index (χ2v) is 10.2. The highest BCUT2D eigenvalue weighted by Gasteiger charge is 2.46. The molecule has 3 aromatic carbocycles. The summed E-state index contributed by atoms with van der Waals surface area (Å²) in [5, 5.41) is 22.3. The number of benzene rings is 3. The van der Waals surface area contributed by atoms with Gasteiger partial charge in [-0.25, -0.2) is 9.80 Å². The SMILES string of the molecule is O=C1C/C(=C(/c2ccccc2-c2ccccn2)C2CC(=O)N(c3ccc([N+](=O)[O-])cc3)C2=O)C(=O)N1c1ccc([N+](=O)[O-])cc1. The summed E-state index contributed by atoms with van der Waals surface area (Å²) in [4.78, 5) is 82.1. The molecule has 0 spiro atoms. The Kier molecular flexibility index (Phi) is 7.26. The maximum absolute atomic E-state index is 14.0. The number of pyridine rings is 1. The minimum atomic E-state index is -1.18. The predicted octanol–water partition coefficient (Wildman–Crippen LogP) is 4.86. The third kappa shape index (κ3) is 5.12. The van der Waals surface area contributed by atoms with Gasteiger partial charge in [-0.15, -0.1) is 0 Å². The van der Waals surface area contributed by atoms with Crippen LogP contribution in [-0.4, -0.2) is 38.5 Å². The van der Waals surface area contributed by atoms with E-state index in [1.165, 1.54) is 48.5 Å². The maximum atomic E-state index is 14.0. The Balaban J connectivity index is 1.50. The number of amides is 4. The molecule has 1 aromatic heterocycles. The number of carbonyl (C=O) groups excluding carboxylic acids is 4. The third-order valence-electron chi connectivity index (χ3n) is 7.65. The van der Waals surface area contributed by atoms with Crippen LogP contribution in [0.3, 0.4) is 0 Å². The van der Waals surface area contributed by atoms with Crippen LogP contribution >= 0.6 is 0 Å². The van der Waals surface area contributed by atoms with Crippen molar-refractivity contribution in [2.75, 3.05) is 9.80 Å². The van der Waals surface area contributed by atoms with Gasteiger partial charge in [0.05, 0.1) is 39.3 Å². The number of hydrogen-bond donors (Lipinski definition) is 0. The average Bonchev–Trinajstić information content (AvgIpc) is 3.50. The monoisotopic (exact) mass is 603 g/mol. The zero-order valence-electron chi connectivity index (χ0n) is 23.2. The third-order valence-corrected chi connectivity index (χ3v) is 7.65. The number of non-ortho nitro benzene ring substituents is 2. The molecule has 2 aliphatic rings. The highest BCUT2D eigenvalue weighted by Crippen LogP contribution is 2.44. The number of aromatic nitrogens is 1. The van der Waals surface area contributed by atoms with Crippen molar-refractivity contribution in [1.29, 1.82) is 0 Å². The number of nitro groups is 2. The van der Waals surface area contributed by atoms with E-state index >= 15 is 0 Å². The van der Waals surface area contributed by atoms with E-state index in [9.17, 15) is 39.4 Å². The van der Waals surface area contributed by atoms with Gasteiger partial charge in [-0.3, -0.25) is 44.4 Å². The number of hydrogen-bond acceptors (Lipinski definition) is 9. The summed E-state index contributed by atoms with van der Waals surface area (Å²) in [7, 11) is 0. The lowest BCUT2D eigenvalue weighted by Crippen LogP contribution is -2.31. The molecule has 6 rings (SSSR count). The van der Waals surface area contributed by atoms with Crippen LogP contribution < -0.4 is 9.80 Å². The summed E-state index contributed by atoms with van der Waals surface area (Å²) in [5.74, 6) is -3.77. The van der Waals surface area contributed by atoms with Crippen molar-refractivity contribution < 1.29 is 29.0 Å². The van der Waals surface area contributed by atoms with Gasteiger partial charge in [-0.05, 0) is 47.5 Å². The second kappa shape index (κ2) is 11.4. The summed E-state index contributed by atoms with van der Waals surface area (Å²) >= 11 is 0. The molecule has 13 heteroatoms. The smallest absolute Gasteiger partial charge is 0.269 e. The Labute approximate surface area is 254 Å². The van der Waals surface area contributed by atoms with Gasteiger partial charge in [0.25, 0.3) is 17.3 Å². The van der Waals surface area contributed by atoms with E-state index in [1.54, 1.807) is 48.7 Å². The molecular weight excluding hydrogens is 582 g/mol. The molecule has 1 atom stereocenters. The molecule has 2 aliphatic heterocycles. The highest BCUT2D eigenvalue weighted by molar-refractivity contribution is 6.32. The molecule has 0 bridgehead atoms. The van der Waals surface area contributed by atoms with Crippen molar-refractivity contribution in [3.05, 3.63) is 129 Å². The topological polar surface area (TPSA) is 174 Å². The van der Waals surface area contributed by atoms with Crippen LogP contribution in [0.5, 0.6) is 0 Å². The van der Waals surface area contributed by atoms with Crippen LogP contribution in [-0.2, 0) is 19.2 Å². The van der Waals surface area contributed by atoms with Crippen molar-refractivity contribution in [2.45, 2.75) is 12.8 Å². The predicted molar refractivity (Wildman–Crippen MR) is 160 cm³/mol. The van der Waals surface area contributed by atoms with Crippen molar-refractivity contribution in [2.24, 2.45) is 5.92 Å². The normalized spacial score (nSPS) is 17.6. The van der Waals surface area contributed by atoms with Crippen LogP contribution in [0.1, 0.15) is 18.4 Å². The van der Waals surface area contributed by atoms with E-state index in [2.05, 4.69) is 4.98 Å². The van der Waals surface area contributed by atoms with Crippen LogP contribution in [0.25, 0.3) is 16.8 Å². The number of nitrogens with zero attached hydrogens (tertiary/aromatic N) is 5. The lowest BCUT2D eigenvalue weighted by atomic mass is 9.83. The Morgan fingerprint density at radius 2 is 1.29 bits per heavy atom. The first-order valence-corrected chi connectivity index (χ1v) is 13.6. The molecule has 222 valence electrons. The van der Waals surface area contributed by atoms with Crippen molar-refractivity contribution in [1.82, 2.24) is 4.98 Å². The van der Waals surface area contributed by atoms with Crippen LogP contribution in [0.2, 0.25) is 0 Å². The summed E-state index contributed by atoms with van der Waals surface area (Å²) in [6, 6.07) is 22.0. The van der Waals surface area contributed by atoms with Gasteiger partial charge in [-0.1, -0.05) is 30.3 Å². The Bertz CT molecular complexity index is 1940. The standard InChI is InChI=1S/C32H21N5O8/c38-28-17-25(31(40)34(28)19-8-12-21(13-9-19)36(42)43)30(24-6-2-1-5-23(24)27-7-3-4-16-33-27)26-18-29(39)35(32(26)41)20-10-14-22(15-11-20)37(44)45/h1-16,25H,17-18H2/b30-26+. The first-order valence-electron chi connectivity index (χ1n) is 13.6. The van der Waals surface area contributed by atoms with E-state index in [0.29, 0.717) is 16.8 Å². The zero-order chi connectivity index (χ0) is 31.8. The fourth-order valence-electron chi connectivity index (χ4n) is 5.63. The minimum absolute atomic E-state index is 0.00145. The van der Waals surface area contributed by atoms with Crippen LogP contribution in [0, 0.1) is 26.1 Å². The Hall–Kier alpha value is -6.37. The Morgan fingerprint density at radius 1 is 0.711 bits per heavy atom. The van der Waals surface area contributed by atoms with Crippen molar-refractivity contribution >= 4 is 52.0 Å². The van der Waals surface area contributed by atoms with Crippen LogP contribution in [0.4, 0.5) is 22.7 Å². The van der Waals surface area contributed by atoms with E-state index in [1.807, 2.05) is 0 Å². The fraction of sp³-hybridized carbons (Fsp3) is 0.0938. The summed E-state index contributed by atoms with van der Waals surface area (Å²) < 4.78 is 0. The molecule has 0 saturated carbocycles. The molecule has 0 radical (unpaired) electrons. The molecule has 4 amide bonds. The molecule has 4 aromatic rings. The van der Waals surface area contributed by atoms with E-state index in [-0.39, 0.29) is 40.3 Å². The molecule has 2 fully saturated rings. The highest BCUT2D eigenvalue weighted by atomic mass is 16.6. The lowest BCUT2D eigenvalue weighted by Gasteiger charge is -2.21. The summed E-state index contributed by atoms with van der Waals surface area (Å²) in [5.41, 5.74) is 1.49. The number of rotatable bonds is 7. The van der Waals surface area contributed by atoms with Crippen molar-refractivity contribution in [3.63, 3.8) is 0 Å². The molecular formula is C32H21N5O8. The number of carbonyl (C=O) groups is 4. The van der Waals surface area contributed by atoms with Gasteiger partial charge in [-0.2, -0.15) is 0 Å². The van der Waals surface area contributed by atoms with Gasteiger partial charge in [0, 0.05) is 48.0 Å². The molecule has 45 heavy (non-hydrogen) atoms. The summed E-state index contributed by atoms with van der Waals surface area (Å²) in [6.07, 6.45) is 0.863. The fourth-order valence-corrected chi connectivity index (χ4v) is 5.63. The first kappa shape index (κ1) is 28.7. The summed E-state index contributed by atoms with van der Waals surface area (Å²) in [6.45, 7) is 0. The largest absolute Gasteiger partial charge is 0.274 e. The second-order valence-electron chi connectivity index (χ2n) is 10.2. The minimum Gasteiger partial charge on any atom is -0.274 e. The van der Waals surface area contributed by atoms with E-state index in [4.69, 9.17) is 0 Å². The Morgan fingerprint density at radius 3 is 1.87 bits per heavy atom. The van der Waals surface area contributed by atoms with E-state index in [0.717, 1.165) is 9.80 Å². The number of imide groups is 2. The molecule has 0 N–H and O–H groups in total. The van der Waals surface area contributed by atoms with Crippen LogP contribution in [0.15, 0.2) is 103 Å². The van der Waals surface area contributed by atoms with E-state index < -0.39 is 45.8 Å². The van der Waals surface area contributed by atoms with Gasteiger partial charge in [0.2, 0.25) is 17.7 Å². The van der Waals surface area contributed by atoms with Gasteiger partial charge >= 0.3 is 0 Å². The van der Waals surface area contributed by atoms with Gasteiger partial charge in [0.1, 0.15) is 0 Å². The molecule has 1 unspecified atom stereocenters. The van der Waals surface area contributed by atoms with Gasteiger partial charge in [0.15, 0.2) is 0 Å². The average molecular weight is 604 g/mol. The lowest BCUT2D eigenvalue weighted by molar-refractivity contribution is -0.385. The molecule has 2 saturated heterocycles. The molecule has 13 nitrogen and oxygen atoms in total. The molecule has 0 aliphatic carbocycles. The van der Waals surface area contributed by atoms with Gasteiger partial charge < -0.3 is 0 Å². The number of nitro benzene ring substituents is 2.